The maximum absolute atomic E-state index is 11.3. The maximum atomic E-state index is 11.3. The molecule has 0 spiro atoms. The number of nitrogens with zero attached hydrogens (tertiary/aromatic N) is 1. The molecule has 1 rings (SSSR count). The minimum atomic E-state index is -1.12. The van der Waals surface area contributed by atoms with Crippen molar-refractivity contribution in [3.8, 4) is 5.75 Å². The highest BCUT2D eigenvalue weighted by Gasteiger charge is 2.13. The second kappa shape index (κ2) is 7.07. The van der Waals surface area contributed by atoms with Crippen LogP contribution in [0, 0.1) is 10.1 Å². The molecule has 0 aliphatic carbocycles. The average Bonchev–Trinajstić information content (AvgIpc) is 2.39. The number of rotatable bonds is 7. The Bertz CT molecular complexity index is 499. The lowest BCUT2D eigenvalue weighted by Gasteiger charge is -2.09. The smallest absolute Gasteiger partial charge is 0.325 e. The Morgan fingerprint density at radius 1 is 1.40 bits per heavy atom. The molecule has 2 N–H and O–H groups in total. The molecule has 0 heterocycles. The fraction of sp³-hybridized carbons (Fsp3) is 0.333. The second-order valence-corrected chi connectivity index (χ2v) is 3.98. The van der Waals surface area contributed by atoms with Gasteiger partial charge in [-0.15, -0.1) is 0 Å². The van der Waals surface area contributed by atoms with Gasteiger partial charge in [-0.1, -0.05) is 0 Å². The Kier molecular flexibility index (Phi) is 5.45. The van der Waals surface area contributed by atoms with Crippen LogP contribution in [0.3, 0.4) is 0 Å². The minimum Gasteiger partial charge on any atom is -0.493 e. The number of carbonyl (C=O) groups is 2. The zero-order valence-electron chi connectivity index (χ0n) is 10.7. The lowest BCUT2D eigenvalue weighted by molar-refractivity contribution is -0.384. The molecular weight excluding hydrogens is 268 g/mol. The first-order valence-electron chi connectivity index (χ1n) is 5.79. The lowest BCUT2D eigenvalue weighted by atomic mass is 10.3. The molecule has 20 heavy (non-hydrogen) atoms. The molecule has 0 saturated carbocycles. The summed E-state index contributed by atoms with van der Waals surface area (Å²) in [6, 6.07) is 4.48. The molecule has 1 atom stereocenters. The molecule has 1 aromatic rings. The minimum absolute atomic E-state index is 0.00535. The van der Waals surface area contributed by atoms with Crippen LogP contribution >= 0.6 is 0 Å². The number of benzene rings is 1. The molecule has 108 valence electrons. The third kappa shape index (κ3) is 4.92. The molecule has 0 aliphatic heterocycles. The van der Waals surface area contributed by atoms with Gasteiger partial charge < -0.3 is 15.2 Å². The van der Waals surface area contributed by atoms with E-state index in [-0.39, 0.29) is 18.7 Å². The third-order valence-corrected chi connectivity index (χ3v) is 2.39. The summed E-state index contributed by atoms with van der Waals surface area (Å²) in [5.74, 6) is -1.16. The summed E-state index contributed by atoms with van der Waals surface area (Å²) in [6.07, 6.45) is -0.00535. The topological polar surface area (TPSA) is 119 Å². The van der Waals surface area contributed by atoms with Crippen molar-refractivity contribution in [2.24, 2.45) is 0 Å². The van der Waals surface area contributed by atoms with Gasteiger partial charge in [0, 0.05) is 12.1 Å². The van der Waals surface area contributed by atoms with E-state index in [1.807, 2.05) is 0 Å². The Hall–Kier alpha value is -2.64. The number of nitro benzene ring substituents is 1. The summed E-state index contributed by atoms with van der Waals surface area (Å²) >= 11 is 0. The van der Waals surface area contributed by atoms with Crippen molar-refractivity contribution in [3.05, 3.63) is 34.4 Å². The zero-order valence-corrected chi connectivity index (χ0v) is 10.7. The molecule has 1 amide bonds. The van der Waals surface area contributed by atoms with Crippen LogP contribution in [0.1, 0.15) is 13.3 Å². The molecule has 8 heteroatoms. The highest BCUT2D eigenvalue weighted by atomic mass is 16.6. The van der Waals surface area contributed by atoms with Gasteiger partial charge in [-0.25, -0.2) is 0 Å². The van der Waals surface area contributed by atoms with Gasteiger partial charge in [0.05, 0.1) is 18.0 Å². The number of carboxylic acid groups (broad SMARTS) is 1. The van der Waals surface area contributed by atoms with Crippen LogP contribution in [0.15, 0.2) is 24.3 Å². The zero-order chi connectivity index (χ0) is 15.1. The standard InChI is InChI=1S/C12H14N2O6/c1-8(12(16)17)13-11(15)6-7-20-10-4-2-9(3-5-10)14(18)19/h2-5,8H,6-7H2,1H3,(H,13,15)(H,16,17). The molecule has 1 aromatic carbocycles. The first-order chi connectivity index (χ1) is 9.40. The number of aliphatic carboxylic acids is 1. The van der Waals surface area contributed by atoms with E-state index < -0.39 is 22.8 Å². The average molecular weight is 282 g/mol. The molecule has 0 aromatic heterocycles. The number of carboxylic acids is 1. The van der Waals surface area contributed by atoms with Crippen LogP contribution in [-0.2, 0) is 9.59 Å². The van der Waals surface area contributed by atoms with Crippen molar-refractivity contribution >= 4 is 17.6 Å². The van der Waals surface area contributed by atoms with E-state index in [9.17, 15) is 19.7 Å². The van der Waals surface area contributed by atoms with Crippen molar-refractivity contribution < 1.29 is 24.4 Å². The van der Waals surface area contributed by atoms with Gasteiger partial charge in [0.2, 0.25) is 5.91 Å². The Morgan fingerprint density at radius 3 is 2.50 bits per heavy atom. The number of hydrogen-bond donors (Lipinski definition) is 2. The predicted molar refractivity (Wildman–Crippen MR) is 68.4 cm³/mol. The van der Waals surface area contributed by atoms with E-state index in [0.29, 0.717) is 5.75 Å². The first kappa shape index (κ1) is 15.4. The summed E-state index contributed by atoms with van der Waals surface area (Å²) < 4.78 is 5.22. The molecule has 0 aliphatic rings. The van der Waals surface area contributed by atoms with Gasteiger partial charge in [0.15, 0.2) is 0 Å². The third-order valence-electron chi connectivity index (χ3n) is 2.39. The Balaban J connectivity index is 2.35. The maximum Gasteiger partial charge on any atom is 0.325 e. The van der Waals surface area contributed by atoms with Crippen LogP contribution < -0.4 is 10.1 Å². The summed E-state index contributed by atoms with van der Waals surface area (Å²) in [5.41, 5.74) is -0.0506. The highest BCUT2D eigenvalue weighted by Crippen LogP contribution is 2.17. The number of carbonyl (C=O) groups excluding carboxylic acids is 1. The van der Waals surface area contributed by atoms with E-state index in [0.717, 1.165) is 0 Å². The largest absolute Gasteiger partial charge is 0.493 e. The molecule has 0 radical (unpaired) electrons. The quantitative estimate of drug-likeness (QED) is 0.567. The fourth-order valence-electron chi connectivity index (χ4n) is 1.30. The van der Waals surface area contributed by atoms with Gasteiger partial charge in [-0.2, -0.15) is 0 Å². The molecule has 0 saturated heterocycles. The van der Waals surface area contributed by atoms with Crippen LogP contribution in [0.4, 0.5) is 5.69 Å². The van der Waals surface area contributed by atoms with Crippen molar-refractivity contribution in [2.45, 2.75) is 19.4 Å². The summed E-state index contributed by atoms with van der Waals surface area (Å²) in [5, 5.41) is 21.3. The molecule has 1 unspecified atom stereocenters. The summed E-state index contributed by atoms with van der Waals surface area (Å²) in [7, 11) is 0. The van der Waals surface area contributed by atoms with Crippen LogP contribution in [-0.4, -0.2) is 34.6 Å². The van der Waals surface area contributed by atoms with Gasteiger partial charge in [-0.3, -0.25) is 19.7 Å². The lowest BCUT2D eigenvalue weighted by Crippen LogP contribution is -2.38. The Morgan fingerprint density at radius 2 is 2.00 bits per heavy atom. The number of ether oxygens (including phenoxy) is 1. The predicted octanol–water partition coefficient (Wildman–Crippen LogP) is 0.953. The summed E-state index contributed by atoms with van der Waals surface area (Å²) in [6.45, 7) is 1.41. The first-order valence-corrected chi connectivity index (χ1v) is 5.79. The van der Waals surface area contributed by atoms with Crippen LogP contribution in [0.25, 0.3) is 0 Å². The van der Waals surface area contributed by atoms with Crippen LogP contribution in [0.5, 0.6) is 5.75 Å². The number of non-ortho nitro benzene ring substituents is 1. The number of nitro groups is 1. The number of nitrogens with one attached hydrogen (secondary N) is 1. The highest BCUT2D eigenvalue weighted by molar-refractivity contribution is 5.83. The van der Waals surface area contributed by atoms with Crippen molar-refractivity contribution in [1.29, 1.82) is 0 Å². The van der Waals surface area contributed by atoms with E-state index in [1.165, 1.54) is 31.2 Å². The van der Waals surface area contributed by atoms with Crippen molar-refractivity contribution in [3.63, 3.8) is 0 Å². The monoisotopic (exact) mass is 282 g/mol. The summed E-state index contributed by atoms with van der Waals surface area (Å²) in [4.78, 5) is 31.8. The normalized spacial score (nSPS) is 11.4. The van der Waals surface area contributed by atoms with Crippen molar-refractivity contribution in [1.82, 2.24) is 5.32 Å². The number of hydrogen-bond acceptors (Lipinski definition) is 5. The molecular formula is C12H14N2O6. The van der Waals surface area contributed by atoms with E-state index in [1.54, 1.807) is 0 Å². The second-order valence-electron chi connectivity index (χ2n) is 3.98. The van der Waals surface area contributed by atoms with Gasteiger partial charge in [0.1, 0.15) is 11.8 Å². The van der Waals surface area contributed by atoms with Gasteiger partial charge >= 0.3 is 5.97 Å². The van der Waals surface area contributed by atoms with Gasteiger partial charge in [0.25, 0.3) is 5.69 Å². The van der Waals surface area contributed by atoms with E-state index in [4.69, 9.17) is 9.84 Å². The SMILES string of the molecule is CC(NC(=O)CCOc1ccc([N+](=O)[O-])cc1)C(=O)O. The molecule has 0 bridgehead atoms. The molecule has 8 nitrogen and oxygen atoms in total. The van der Waals surface area contributed by atoms with E-state index in [2.05, 4.69) is 5.32 Å². The van der Waals surface area contributed by atoms with Crippen molar-refractivity contribution in [2.75, 3.05) is 6.61 Å². The Labute approximate surface area is 114 Å². The van der Waals surface area contributed by atoms with Crippen LogP contribution in [0.2, 0.25) is 0 Å². The number of amides is 1. The van der Waals surface area contributed by atoms with Gasteiger partial charge in [-0.05, 0) is 19.1 Å². The fourth-order valence-corrected chi connectivity index (χ4v) is 1.30. The van der Waals surface area contributed by atoms with E-state index >= 15 is 0 Å². The molecule has 0 fully saturated rings.